The standard InChI is InChI=1S/C19H19BrN4O/c1-13-2-7-18-17(12-13)21-22-24(18)16-8-10-23(11-9-16)19(25)14-3-5-15(20)6-4-14/h2-7,12,16H,8-11H2,1H3. The van der Waals surface area contributed by atoms with Gasteiger partial charge in [-0.25, -0.2) is 4.68 Å². The SMILES string of the molecule is Cc1ccc2c(c1)nnn2C1CCN(C(=O)c2ccc(Br)cc2)CC1. The predicted molar refractivity (Wildman–Crippen MR) is 101 cm³/mol. The average Bonchev–Trinajstić information content (AvgIpc) is 3.05. The van der Waals surface area contributed by atoms with Gasteiger partial charge in [0.25, 0.3) is 5.91 Å². The monoisotopic (exact) mass is 398 g/mol. The zero-order valence-electron chi connectivity index (χ0n) is 14.0. The van der Waals surface area contributed by atoms with E-state index in [0.29, 0.717) is 6.04 Å². The molecule has 1 saturated heterocycles. The summed E-state index contributed by atoms with van der Waals surface area (Å²) in [5.74, 6) is 0.102. The van der Waals surface area contributed by atoms with Crippen LogP contribution in [0.25, 0.3) is 11.0 Å². The first-order chi connectivity index (χ1) is 12.1. The van der Waals surface area contributed by atoms with Gasteiger partial charge in [-0.1, -0.05) is 27.2 Å². The normalized spacial score (nSPS) is 15.7. The van der Waals surface area contributed by atoms with Crippen LogP contribution in [0.1, 0.15) is 34.8 Å². The van der Waals surface area contributed by atoms with Crippen LogP contribution in [0.5, 0.6) is 0 Å². The van der Waals surface area contributed by atoms with E-state index in [4.69, 9.17) is 0 Å². The zero-order chi connectivity index (χ0) is 17.4. The van der Waals surface area contributed by atoms with E-state index in [0.717, 1.165) is 47.0 Å². The summed E-state index contributed by atoms with van der Waals surface area (Å²) in [6.07, 6.45) is 1.79. The van der Waals surface area contributed by atoms with Crippen LogP contribution >= 0.6 is 15.9 Å². The third-order valence-corrected chi connectivity index (χ3v) is 5.34. The lowest BCUT2D eigenvalue weighted by Crippen LogP contribution is -2.39. The first kappa shape index (κ1) is 16.3. The van der Waals surface area contributed by atoms with Gasteiger partial charge >= 0.3 is 0 Å². The number of fused-ring (bicyclic) bond motifs is 1. The molecular formula is C19H19BrN4O. The number of hydrogen-bond donors (Lipinski definition) is 0. The molecule has 3 aromatic rings. The highest BCUT2D eigenvalue weighted by molar-refractivity contribution is 9.10. The molecule has 0 bridgehead atoms. The Hall–Kier alpha value is -2.21. The van der Waals surface area contributed by atoms with Crippen molar-refractivity contribution in [3.63, 3.8) is 0 Å². The molecule has 2 aromatic carbocycles. The number of amides is 1. The van der Waals surface area contributed by atoms with E-state index in [-0.39, 0.29) is 5.91 Å². The summed E-state index contributed by atoms with van der Waals surface area (Å²) < 4.78 is 3.01. The molecule has 2 heterocycles. The number of halogens is 1. The zero-order valence-corrected chi connectivity index (χ0v) is 15.6. The van der Waals surface area contributed by atoms with Crippen molar-refractivity contribution in [2.75, 3.05) is 13.1 Å². The third kappa shape index (κ3) is 3.18. The molecule has 0 atom stereocenters. The van der Waals surface area contributed by atoms with Gasteiger partial charge in [0.15, 0.2) is 0 Å². The Kier molecular flexibility index (Phi) is 4.29. The van der Waals surface area contributed by atoms with Gasteiger partial charge in [0.05, 0.1) is 11.6 Å². The van der Waals surface area contributed by atoms with Crippen molar-refractivity contribution in [3.05, 3.63) is 58.1 Å². The summed E-state index contributed by atoms with van der Waals surface area (Å²) in [4.78, 5) is 14.6. The molecule has 5 nitrogen and oxygen atoms in total. The second-order valence-electron chi connectivity index (χ2n) is 6.56. The number of piperidine rings is 1. The van der Waals surface area contributed by atoms with Crippen LogP contribution in [0.15, 0.2) is 46.9 Å². The molecule has 0 unspecified atom stereocenters. The van der Waals surface area contributed by atoms with Crippen LogP contribution in [0, 0.1) is 6.92 Å². The van der Waals surface area contributed by atoms with E-state index in [1.54, 1.807) is 0 Å². The largest absolute Gasteiger partial charge is 0.338 e. The van der Waals surface area contributed by atoms with Gasteiger partial charge in [0.1, 0.15) is 5.52 Å². The topological polar surface area (TPSA) is 51.0 Å². The average molecular weight is 399 g/mol. The fourth-order valence-corrected chi connectivity index (χ4v) is 3.67. The van der Waals surface area contributed by atoms with E-state index in [1.807, 2.05) is 33.8 Å². The molecule has 0 saturated carbocycles. The lowest BCUT2D eigenvalue weighted by Gasteiger charge is -2.32. The minimum atomic E-state index is 0.102. The van der Waals surface area contributed by atoms with E-state index in [2.05, 4.69) is 51.4 Å². The lowest BCUT2D eigenvalue weighted by atomic mass is 10.0. The van der Waals surface area contributed by atoms with Crippen LogP contribution in [-0.2, 0) is 0 Å². The van der Waals surface area contributed by atoms with Crippen molar-refractivity contribution in [2.45, 2.75) is 25.8 Å². The molecule has 1 aliphatic rings. The highest BCUT2D eigenvalue weighted by Crippen LogP contribution is 2.26. The van der Waals surface area contributed by atoms with Crippen molar-refractivity contribution >= 4 is 32.9 Å². The fraction of sp³-hybridized carbons (Fsp3) is 0.316. The maximum Gasteiger partial charge on any atom is 0.253 e. The number of benzene rings is 2. The molecule has 0 N–H and O–H groups in total. The molecule has 4 rings (SSSR count). The van der Waals surface area contributed by atoms with Gasteiger partial charge in [0, 0.05) is 23.1 Å². The Labute approximate surface area is 154 Å². The first-order valence-electron chi connectivity index (χ1n) is 8.48. The molecule has 1 aromatic heterocycles. The summed E-state index contributed by atoms with van der Waals surface area (Å²) in [5.41, 5.74) is 3.94. The molecule has 128 valence electrons. The second-order valence-corrected chi connectivity index (χ2v) is 7.47. The highest BCUT2D eigenvalue weighted by Gasteiger charge is 2.26. The van der Waals surface area contributed by atoms with Crippen molar-refractivity contribution in [1.82, 2.24) is 19.9 Å². The quantitative estimate of drug-likeness (QED) is 0.655. The van der Waals surface area contributed by atoms with Crippen LogP contribution in [0.3, 0.4) is 0 Å². The van der Waals surface area contributed by atoms with Gasteiger partial charge in [-0.15, -0.1) is 5.10 Å². The summed E-state index contributed by atoms with van der Waals surface area (Å²) in [6.45, 7) is 3.55. The molecular weight excluding hydrogens is 380 g/mol. The number of carbonyl (C=O) groups excluding carboxylic acids is 1. The number of likely N-dealkylation sites (tertiary alicyclic amines) is 1. The minimum Gasteiger partial charge on any atom is -0.338 e. The third-order valence-electron chi connectivity index (χ3n) is 4.82. The van der Waals surface area contributed by atoms with Gasteiger partial charge < -0.3 is 4.90 Å². The maximum atomic E-state index is 12.6. The molecule has 0 radical (unpaired) electrons. The summed E-state index contributed by atoms with van der Waals surface area (Å²) in [7, 11) is 0. The first-order valence-corrected chi connectivity index (χ1v) is 9.27. The lowest BCUT2D eigenvalue weighted by molar-refractivity contribution is 0.0691. The van der Waals surface area contributed by atoms with Crippen LogP contribution in [-0.4, -0.2) is 38.9 Å². The molecule has 25 heavy (non-hydrogen) atoms. The fourth-order valence-electron chi connectivity index (χ4n) is 3.41. The van der Waals surface area contributed by atoms with Gasteiger partial charge in [-0.05, 0) is 61.7 Å². The van der Waals surface area contributed by atoms with Crippen molar-refractivity contribution in [3.8, 4) is 0 Å². The van der Waals surface area contributed by atoms with E-state index in [1.165, 1.54) is 5.56 Å². The summed E-state index contributed by atoms with van der Waals surface area (Å²) in [5, 5.41) is 8.65. The Morgan fingerprint density at radius 3 is 2.56 bits per heavy atom. The maximum absolute atomic E-state index is 12.6. The predicted octanol–water partition coefficient (Wildman–Crippen LogP) is 3.98. The number of rotatable bonds is 2. The Morgan fingerprint density at radius 1 is 1.12 bits per heavy atom. The Morgan fingerprint density at radius 2 is 1.84 bits per heavy atom. The van der Waals surface area contributed by atoms with Crippen LogP contribution < -0.4 is 0 Å². The smallest absolute Gasteiger partial charge is 0.253 e. The Balaban J connectivity index is 1.47. The highest BCUT2D eigenvalue weighted by atomic mass is 79.9. The molecule has 0 aliphatic carbocycles. The van der Waals surface area contributed by atoms with Gasteiger partial charge in [-0.2, -0.15) is 0 Å². The number of aryl methyl sites for hydroxylation is 1. The van der Waals surface area contributed by atoms with E-state index in [9.17, 15) is 4.79 Å². The summed E-state index contributed by atoms with van der Waals surface area (Å²) >= 11 is 3.40. The molecule has 1 amide bonds. The number of nitrogens with zero attached hydrogens (tertiary/aromatic N) is 4. The number of aromatic nitrogens is 3. The number of carbonyl (C=O) groups is 1. The summed E-state index contributed by atoms with van der Waals surface area (Å²) in [6, 6.07) is 14.1. The van der Waals surface area contributed by atoms with Gasteiger partial charge in [0.2, 0.25) is 0 Å². The van der Waals surface area contributed by atoms with Crippen LogP contribution in [0.2, 0.25) is 0 Å². The second kappa shape index (κ2) is 6.59. The molecule has 1 aliphatic heterocycles. The molecule has 0 spiro atoms. The van der Waals surface area contributed by atoms with Crippen LogP contribution in [0.4, 0.5) is 0 Å². The Bertz CT molecular complexity index is 911. The van der Waals surface area contributed by atoms with Crippen molar-refractivity contribution < 1.29 is 4.79 Å². The van der Waals surface area contributed by atoms with E-state index >= 15 is 0 Å². The minimum absolute atomic E-state index is 0.102. The molecule has 1 fully saturated rings. The van der Waals surface area contributed by atoms with Crippen molar-refractivity contribution in [1.29, 1.82) is 0 Å². The number of hydrogen-bond acceptors (Lipinski definition) is 3. The van der Waals surface area contributed by atoms with Crippen molar-refractivity contribution in [2.24, 2.45) is 0 Å². The van der Waals surface area contributed by atoms with E-state index < -0.39 is 0 Å². The molecule has 6 heteroatoms. The van der Waals surface area contributed by atoms with Gasteiger partial charge in [-0.3, -0.25) is 4.79 Å².